The molecule has 0 aromatic heterocycles. The van der Waals surface area contributed by atoms with Gasteiger partial charge in [0.2, 0.25) is 0 Å². The molecule has 30 heavy (non-hydrogen) atoms. The Morgan fingerprint density at radius 1 is 0.767 bits per heavy atom. The second-order valence-electron chi connectivity index (χ2n) is 5.06. The summed E-state index contributed by atoms with van der Waals surface area (Å²) in [6.07, 6.45) is -27.8. The summed E-state index contributed by atoms with van der Waals surface area (Å²) in [5.74, 6) is -11.1. The summed E-state index contributed by atoms with van der Waals surface area (Å²) in [7, 11) is 0. The molecule has 0 amide bonds. The van der Waals surface area contributed by atoms with Crippen LogP contribution >= 0.6 is 0 Å². The molecule has 1 aromatic carbocycles. The van der Waals surface area contributed by atoms with Crippen LogP contribution < -0.4 is 0 Å². The standard InChI is InChI=1S/C13H5F11O6/c14-9(15,10(16,17)18)11(19,20)29-12(21,22)13(23,24)30-28-8(27)6-3-1-2-5(4-6)7(25)26/h1-4H,(H,25,26). The van der Waals surface area contributed by atoms with Crippen LogP contribution in [-0.2, 0) is 14.5 Å². The van der Waals surface area contributed by atoms with Gasteiger partial charge in [0.15, 0.2) is 0 Å². The van der Waals surface area contributed by atoms with Gasteiger partial charge in [-0.2, -0.15) is 48.3 Å². The normalized spacial score (nSPS) is 13.8. The third kappa shape index (κ3) is 5.07. The number of carbonyl (C=O) groups excluding carboxylic acids is 1. The summed E-state index contributed by atoms with van der Waals surface area (Å²) >= 11 is 0. The molecule has 1 aromatic rings. The average molecular weight is 466 g/mol. The Morgan fingerprint density at radius 2 is 1.27 bits per heavy atom. The number of aromatic carboxylic acids is 1. The Labute approximate surface area is 156 Å². The van der Waals surface area contributed by atoms with Gasteiger partial charge in [0.25, 0.3) is 0 Å². The smallest absolute Gasteiger partial charge is 0.478 e. The second kappa shape index (κ2) is 7.86. The van der Waals surface area contributed by atoms with E-state index in [0.29, 0.717) is 12.1 Å². The van der Waals surface area contributed by atoms with Gasteiger partial charge >= 0.3 is 42.4 Å². The van der Waals surface area contributed by atoms with E-state index in [-0.39, 0.29) is 0 Å². The number of carboxylic acids is 1. The number of ether oxygens (including phenoxy) is 1. The zero-order valence-corrected chi connectivity index (χ0v) is 13.5. The minimum atomic E-state index is -7.33. The minimum absolute atomic E-state index is 0.471. The van der Waals surface area contributed by atoms with Crippen LogP contribution in [0.25, 0.3) is 0 Å². The molecule has 170 valence electrons. The Balaban J connectivity index is 2.98. The largest absolute Gasteiger partial charge is 0.483 e. The minimum Gasteiger partial charge on any atom is -0.478 e. The van der Waals surface area contributed by atoms with Gasteiger partial charge in [0.1, 0.15) is 0 Å². The fraction of sp³-hybridized carbons (Fsp3) is 0.385. The molecule has 17 heteroatoms. The highest BCUT2D eigenvalue weighted by atomic mass is 19.4. The first-order chi connectivity index (χ1) is 13.3. The number of benzene rings is 1. The third-order valence-corrected chi connectivity index (χ3v) is 2.88. The maximum atomic E-state index is 13.2. The van der Waals surface area contributed by atoms with Gasteiger partial charge in [-0.25, -0.2) is 14.3 Å². The van der Waals surface area contributed by atoms with Gasteiger partial charge in [0.05, 0.1) is 11.1 Å². The molecule has 0 spiro atoms. The van der Waals surface area contributed by atoms with E-state index in [1.165, 1.54) is 0 Å². The average Bonchev–Trinajstić information content (AvgIpc) is 2.57. The lowest BCUT2D eigenvalue weighted by molar-refractivity contribution is -0.553. The monoisotopic (exact) mass is 466 g/mol. The van der Waals surface area contributed by atoms with Crippen molar-refractivity contribution in [2.75, 3.05) is 0 Å². The molecule has 0 saturated carbocycles. The topological polar surface area (TPSA) is 82.1 Å². The van der Waals surface area contributed by atoms with Gasteiger partial charge in [-0.3, -0.25) is 4.89 Å². The molecule has 1 rings (SSSR count). The molecule has 0 atom stereocenters. The van der Waals surface area contributed by atoms with Crippen molar-refractivity contribution in [1.82, 2.24) is 0 Å². The van der Waals surface area contributed by atoms with E-state index >= 15 is 0 Å². The summed E-state index contributed by atoms with van der Waals surface area (Å²) in [4.78, 5) is 27.8. The van der Waals surface area contributed by atoms with Crippen LogP contribution in [0.15, 0.2) is 24.3 Å². The zero-order valence-electron chi connectivity index (χ0n) is 13.5. The number of carbonyl (C=O) groups is 2. The van der Waals surface area contributed by atoms with Crippen LogP contribution in [0.2, 0.25) is 0 Å². The molecule has 0 heterocycles. The van der Waals surface area contributed by atoms with E-state index in [9.17, 15) is 57.9 Å². The summed E-state index contributed by atoms with van der Waals surface area (Å²) in [5.41, 5.74) is -1.53. The van der Waals surface area contributed by atoms with Gasteiger partial charge < -0.3 is 5.11 Å². The quantitative estimate of drug-likeness (QED) is 0.346. The number of alkyl halides is 11. The molecule has 0 unspecified atom stereocenters. The molecular formula is C13H5F11O6. The first-order valence-corrected chi connectivity index (χ1v) is 6.77. The Hall–Kier alpha value is -2.69. The zero-order chi connectivity index (χ0) is 23.8. The van der Waals surface area contributed by atoms with Crippen LogP contribution in [-0.4, -0.2) is 47.5 Å². The van der Waals surface area contributed by atoms with E-state index < -0.39 is 53.5 Å². The molecular weight excluding hydrogens is 461 g/mol. The molecule has 0 bridgehead atoms. The second-order valence-corrected chi connectivity index (χ2v) is 5.06. The van der Waals surface area contributed by atoms with Gasteiger partial charge in [-0.05, 0) is 18.2 Å². The highest BCUT2D eigenvalue weighted by Crippen LogP contribution is 2.51. The van der Waals surface area contributed by atoms with Crippen LogP contribution in [0.5, 0.6) is 0 Å². The van der Waals surface area contributed by atoms with Crippen molar-refractivity contribution in [3.63, 3.8) is 0 Å². The van der Waals surface area contributed by atoms with E-state index in [4.69, 9.17) is 5.11 Å². The summed E-state index contributed by atoms with van der Waals surface area (Å²) in [5, 5.41) is 8.66. The molecule has 1 N–H and O–H groups in total. The van der Waals surface area contributed by atoms with Crippen molar-refractivity contribution >= 4 is 11.9 Å². The number of hydrogen-bond donors (Lipinski definition) is 1. The molecule has 0 aliphatic carbocycles. The maximum Gasteiger partial charge on any atom is 0.483 e. The van der Waals surface area contributed by atoms with Crippen molar-refractivity contribution in [1.29, 1.82) is 0 Å². The van der Waals surface area contributed by atoms with Crippen LogP contribution in [0.3, 0.4) is 0 Å². The van der Waals surface area contributed by atoms with E-state index in [1.807, 2.05) is 0 Å². The highest BCUT2D eigenvalue weighted by Gasteiger charge is 2.79. The maximum absolute atomic E-state index is 13.2. The van der Waals surface area contributed by atoms with Crippen molar-refractivity contribution in [2.45, 2.75) is 30.4 Å². The fourth-order valence-electron chi connectivity index (χ4n) is 1.42. The SMILES string of the molecule is O=C(O)c1cccc(C(=O)OOC(F)(F)C(F)(F)OC(F)(F)C(F)(F)C(F)(F)F)c1. The van der Waals surface area contributed by atoms with Gasteiger partial charge in [0, 0.05) is 0 Å². The Bertz CT molecular complexity index is 805. The van der Waals surface area contributed by atoms with Crippen LogP contribution in [0, 0.1) is 0 Å². The van der Waals surface area contributed by atoms with Crippen LogP contribution in [0.4, 0.5) is 48.3 Å². The van der Waals surface area contributed by atoms with Crippen molar-refractivity contribution < 1.29 is 77.5 Å². The van der Waals surface area contributed by atoms with Crippen molar-refractivity contribution in [3.8, 4) is 0 Å². The summed E-state index contributed by atoms with van der Waals surface area (Å²) in [6, 6.07) is 2.91. The molecule has 0 fully saturated rings. The third-order valence-electron chi connectivity index (χ3n) is 2.88. The summed E-state index contributed by atoms with van der Waals surface area (Å²) < 4.78 is 140. The van der Waals surface area contributed by atoms with Crippen molar-refractivity contribution in [2.24, 2.45) is 0 Å². The first-order valence-electron chi connectivity index (χ1n) is 6.77. The van der Waals surface area contributed by atoms with E-state index in [0.717, 1.165) is 12.1 Å². The number of rotatable bonds is 8. The van der Waals surface area contributed by atoms with Crippen molar-refractivity contribution in [3.05, 3.63) is 35.4 Å². The number of halogens is 11. The molecule has 6 nitrogen and oxygen atoms in total. The van der Waals surface area contributed by atoms with Crippen LogP contribution in [0.1, 0.15) is 20.7 Å². The van der Waals surface area contributed by atoms with Gasteiger partial charge in [-0.1, -0.05) is 11.0 Å². The predicted molar refractivity (Wildman–Crippen MR) is 66.8 cm³/mol. The van der Waals surface area contributed by atoms with E-state index in [2.05, 4.69) is 9.78 Å². The predicted octanol–water partition coefficient (Wildman–Crippen LogP) is 4.47. The number of carboxylic acid groups (broad SMARTS) is 1. The molecule has 0 aliphatic rings. The lowest BCUT2D eigenvalue weighted by Gasteiger charge is -2.32. The lowest BCUT2D eigenvalue weighted by Crippen LogP contribution is -2.59. The molecule has 0 radical (unpaired) electrons. The van der Waals surface area contributed by atoms with Gasteiger partial charge in [-0.15, -0.1) is 0 Å². The van der Waals surface area contributed by atoms with E-state index in [1.54, 1.807) is 4.74 Å². The molecule has 0 saturated heterocycles. The molecule has 0 aliphatic heterocycles. The number of hydrogen-bond acceptors (Lipinski definition) is 5. The Kier molecular flexibility index (Phi) is 6.64. The Morgan fingerprint density at radius 3 is 1.73 bits per heavy atom. The lowest BCUT2D eigenvalue weighted by atomic mass is 10.1. The fourth-order valence-corrected chi connectivity index (χ4v) is 1.42. The highest BCUT2D eigenvalue weighted by molar-refractivity contribution is 5.94. The first kappa shape index (κ1) is 25.3. The summed E-state index contributed by atoms with van der Waals surface area (Å²) in [6.45, 7) is 0.